The van der Waals surface area contributed by atoms with E-state index in [1.807, 2.05) is 64.1 Å². The molecule has 3 rings (SSSR count). The van der Waals surface area contributed by atoms with Crippen molar-refractivity contribution < 1.29 is 14.3 Å². The standard InChI is InChI=1S/C21H24N2O3/c1-14(2)26-19(24)16-9-7-8-15(12-16)13-23-18-11-6-5-10-17(18)22-21(3,4)20(23)25/h5-12,14,22H,13H2,1-4H3. The van der Waals surface area contributed by atoms with Crippen LogP contribution >= 0.6 is 0 Å². The van der Waals surface area contributed by atoms with Gasteiger partial charge >= 0.3 is 5.97 Å². The van der Waals surface area contributed by atoms with Gasteiger partial charge < -0.3 is 15.0 Å². The lowest BCUT2D eigenvalue weighted by molar-refractivity contribution is -0.122. The highest BCUT2D eigenvalue weighted by molar-refractivity contribution is 6.07. The van der Waals surface area contributed by atoms with Crippen LogP contribution in [0, 0.1) is 0 Å². The van der Waals surface area contributed by atoms with Gasteiger partial charge in [-0.25, -0.2) is 4.79 Å². The highest BCUT2D eigenvalue weighted by Gasteiger charge is 2.38. The van der Waals surface area contributed by atoms with Crippen LogP contribution in [-0.2, 0) is 16.1 Å². The van der Waals surface area contributed by atoms with E-state index < -0.39 is 5.54 Å². The number of hydrogen-bond acceptors (Lipinski definition) is 4. The minimum absolute atomic E-state index is 0.00800. The molecule has 0 unspecified atom stereocenters. The third-order valence-electron chi connectivity index (χ3n) is 4.27. The average Bonchev–Trinajstić information content (AvgIpc) is 2.58. The topological polar surface area (TPSA) is 58.6 Å². The molecule has 1 amide bonds. The summed E-state index contributed by atoms with van der Waals surface area (Å²) in [6.45, 7) is 7.77. The van der Waals surface area contributed by atoms with Gasteiger partial charge in [-0.05, 0) is 57.5 Å². The van der Waals surface area contributed by atoms with Crippen LogP contribution in [0.1, 0.15) is 43.6 Å². The third-order valence-corrected chi connectivity index (χ3v) is 4.27. The highest BCUT2D eigenvalue weighted by atomic mass is 16.5. The van der Waals surface area contributed by atoms with Crippen LogP contribution in [0.15, 0.2) is 48.5 Å². The number of carbonyl (C=O) groups excluding carboxylic acids is 2. The quantitative estimate of drug-likeness (QED) is 0.846. The van der Waals surface area contributed by atoms with E-state index in [4.69, 9.17) is 4.74 Å². The van der Waals surface area contributed by atoms with E-state index in [0.29, 0.717) is 12.1 Å². The fraction of sp³-hybridized carbons (Fsp3) is 0.333. The first kappa shape index (κ1) is 18.0. The van der Waals surface area contributed by atoms with Gasteiger partial charge in [-0.1, -0.05) is 24.3 Å². The van der Waals surface area contributed by atoms with E-state index >= 15 is 0 Å². The molecule has 1 aliphatic heterocycles. The van der Waals surface area contributed by atoms with Crippen molar-refractivity contribution in [1.29, 1.82) is 0 Å². The summed E-state index contributed by atoms with van der Waals surface area (Å²) in [4.78, 5) is 26.9. The van der Waals surface area contributed by atoms with E-state index in [1.54, 1.807) is 17.0 Å². The van der Waals surface area contributed by atoms with E-state index in [9.17, 15) is 9.59 Å². The van der Waals surface area contributed by atoms with Gasteiger partial charge in [-0.15, -0.1) is 0 Å². The molecule has 0 bridgehead atoms. The van der Waals surface area contributed by atoms with Crippen molar-refractivity contribution in [1.82, 2.24) is 0 Å². The second kappa shape index (κ2) is 6.83. The predicted molar refractivity (Wildman–Crippen MR) is 102 cm³/mol. The maximum atomic E-state index is 13.0. The van der Waals surface area contributed by atoms with E-state index in [1.165, 1.54) is 0 Å². The number of rotatable bonds is 4. The number of anilines is 2. The fourth-order valence-electron chi connectivity index (χ4n) is 3.07. The molecular formula is C21H24N2O3. The molecule has 5 heteroatoms. The summed E-state index contributed by atoms with van der Waals surface area (Å²) in [6, 6.07) is 15.0. The normalized spacial score (nSPS) is 15.4. The monoisotopic (exact) mass is 352 g/mol. The van der Waals surface area contributed by atoms with Crippen LogP contribution in [-0.4, -0.2) is 23.5 Å². The van der Waals surface area contributed by atoms with Gasteiger partial charge in [0.1, 0.15) is 5.54 Å². The molecule has 0 aromatic heterocycles. The van der Waals surface area contributed by atoms with Crippen LogP contribution in [0.4, 0.5) is 11.4 Å². The Labute approximate surface area is 154 Å². The molecule has 1 aliphatic rings. The van der Waals surface area contributed by atoms with Gasteiger partial charge in [-0.2, -0.15) is 0 Å². The molecule has 26 heavy (non-hydrogen) atoms. The van der Waals surface area contributed by atoms with Crippen LogP contribution < -0.4 is 10.2 Å². The highest BCUT2D eigenvalue weighted by Crippen LogP contribution is 2.36. The Morgan fingerprint density at radius 3 is 2.62 bits per heavy atom. The van der Waals surface area contributed by atoms with Gasteiger partial charge in [0.2, 0.25) is 0 Å². The Bertz CT molecular complexity index is 843. The Morgan fingerprint density at radius 2 is 1.88 bits per heavy atom. The van der Waals surface area contributed by atoms with Crippen molar-refractivity contribution in [2.75, 3.05) is 10.2 Å². The molecule has 136 valence electrons. The minimum Gasteiger partial charge on any atom is -0.459 e. The van der Waals surface area contributed by atoms with Crippen molar-refractivity contribution in [3.05, 3.63) is 59.7 Å². The molecule has 0 saturated carbocycles. The first-order valence-corrected chi connectivity index (χ1v) is 8.77. The number of amides is 1. The van der Waals surface area contributed by atoms with Crippen LogP contribution in [0.25, 0.3) is 0 Å². The summed E-state index contributed by atoms with van der Waals surface area (Å²) in [5.74, 6) is -0.361. The molecule has 2 aromatic carbocycles. The number of hydrogen-bond donors (Lipinski definition) is 1. The Morgan fingerprint density at radius 1 is 1.15 bits per heavy atom. The second-order valence-electron chi connectivity index (χ2n) is 7.31. The van der Waals surface area contributed by atoms with Gasteiger partial charge in [0, 0.05) is 0 Å². The molecule has 1 N–H and O–H groups in total. The fourth-order valence-corrected chi connectivity index (χ4v) is 3.07. The van der Waals surface area contributed by atoms with Crippen molar-refractivity contribution in [3.8, 4) is 0 Å². The molecule has 0 fully saturated rings. The summed E-state index contributed by atoms with van der Waals surface area (Å²) in [7, 11) is 0. The zero-order valence-corrected chi connectivity index (χ0v) is 15.6. The summed E-state index contributed by atoms with van der Waals surface area (Å²) < 4.78 is 5.26. The zero-order valence-electron chi connectivity index (χ0n) is 15.6. The lowest BCUT2D eigenvalue weighted by Crippen LogP contribution is -2.53. The van der Waals surface area contributed by atoms with Crippen LogP contribution in [0.2, 0.25) is 0 Å². The number of nitrogens with zero attached hydrogens (tertiary/aromatic N) is 1. The van der Waals surface area contributed by atoms with Gasteiger partial charge in [0.25, 0.3) is 5.91 Å². The third kappa shape index (κ3) is 3.57. The van der Waals surface area contributed by atoms with Gasteiger partial charge in [0.05, 0.1) is 29.6 Å². The Kier molecular flexibility index (Phi) is 4.72. The molecule has 0 atom stereocenters. The van der Waals surface area contributed by atoms with E-state index in [-0.39, 0.29) is 18.0 Å². The number of nitrogens with one attached hydrogen (secondary N) is 1. The first-order chi connectivity index (χ1) is 12.3. The molecule has 5 nitrogen and oxygen atoms in total. The molecular weight excluding hydrogens is 328 g/mol. The number of carbonyl (C=O) groups is 2. The lowest BCUT2D eigenvalue weighted by atomic mass is 9.97. The summed E-state index contributed by atoms with van der Waals surface area (Å²) in [6.07, 6.45) is -0.173. The smallest absolute Gasteiger partial charge is 0.338 e. The van der Waals surface area contributed by atoms with Crippen molar-refractivity contribution in [3.63, 3.8) is 0 Å². The molecule has 0 aliphatic carbocycles. The van der Waals surface area contributed by atoms with E-state index in [2.05, 4.69) is 5.32 Å². The van der Waals surface area contributed by atoms with Crippen molar-refractivity contribution in [2.24, 2.45) is 0 Å². The second-order valence-corrected chi connectivity index (χ2v) is 7.31. The van der Waals surface area contributed by atoms with Crippen LogP contribution in [0.5, 0.6) is 0 Å². The van der Waals surface area contributed by atoms with Crippen molar-refractivity contribution in [2.45, 2.75) is 45.9 Å². The minimum atomic E-state index is -0.692. The average molecular weight is 352 g/mol. The first-order valence-electron chi connectivity index (χ1n) is 8.77. The van der Waals surface area contributed by atoms with E-state index in [0.717, 1.165) is 16.9 Å². The number of ether oxygens (including phenoxy) is 1. The number of benzene rings is 2. The lowest BCUT2D eigenvalue weighted by Gasteiger charge is -2.40. The molecule has 2 aromatic rings. The largest absolute Gasteiger partial charge is 0.459 e. The zero-order chi connectivity index (χ0) is 18.9. The summed E-state index contributed by atoms with van der Waals surface area (Å²) >= 11 is 0. The maximum Gasteiger partial charge on any atom is 0.338 e. The maximum absolute atomic E-state index is 13.0. The number of para-hydroxylation sites is 2. The van der Waals surface area contributed by atoms with Crippen LogP contribution in [0.3, 0.4) is 0 Å². The SMILES string of the molecule is CC(C)OC(=O)c1cccc(CN2C(=O)C(C)(C)Nc3ccccc32)c1. The van der Waals surface area contributed by atoms with Crippen molar-refractivity contribution >= 4 is 23.3 Å². The molecule has 0 radical (unpaired) electrons. The number of fused-ring (bicyclic) bond motifs is 1. The summed E-state index contributed by atoms with van der Waals surface area (Å²) in [5.41, 5.74) is 2.44. The number of esters is 1. The molecule has 0 saturated heterocycles. The van der Waals surface area contributed by atoms with Gasteiger partial charge in [0.15, 0.2) is 0 Å². The predicted octanol–water partition coefficient (Wildman–Crippen LogP) is 3.99. The Hall–Kier alpha value is -2.82. The molecule has 1 heterocycles. The van der Waals surface area contributed by atoms with Gasteiger partial charge in [-0.3, -0.25) is 4.79 Å². The Balaban J connectivity index is 1.91. The summed E-state index contributed by atoms with van der Waals surface area (Å²) in [5, 5.41) is 3.29. The molecule has 0 spiro atoms.